The molecule has 0 bridgehead atoms. The van der Waals surface area contributed by atoms with Crippen LogP contribution in [0.15, 0.2) is 23.3 Å². The molecule has 0 aromatic carbocycles. The molecule has 2 aliphatic heterocycles. The Labute approximate surface area is 137 Å². The lowest BCUT2D eigenvalue weighted by atomic mass is 9.91. The molecule has 2 N–H and O–H groups in total. The van der Waals surface area contributed by atoms with Crippen molar-refractivity contribution < 1.29 is 13.2 Å². The molecule has 1 unspecified atom stereocenters. The number of hydrogen-bond acceptors (Lipinski definition) is 5. The molecule has 1 saturated heterocycles. The van der Waals surface area contributed by atoms with Crippen LogP contribution in [-0.4, -0.2) is 41.2 Å². The second kappa shape index (κ2) is 7.09. The molecule has 0 saturated carbocycles. The van der Waals surface area contributed by atoms with E-state index in [4.69, 9.17) is 0 Å². The molecule has 1 aromatic heterocycles. The molecule has 0 amide bonds. The Hall–Kier alpha value is -1.28. The lowest BCUT2D eigenvalue weighted by molar-refractivity contribution is -0.133. The average molecular weight is 344 g/mol. The number of anilines is 1. The van der Waals surface area contributed by atoms with Crippen molar-refractivity contribution in [2.24, 2.45) is 4.99 Å². The Bertz CT molecular complexity index is 570. The molecule has 126 valence electrons. The number of thioether (sulfide) groups is 1. The SMILES string of the molecule is FC(F)(F)CC1CN=C(Nc2cc(C3CCNCC3)ccn2)S1. The van der Waals surface area contributed by atoms with Crippen molar-refractivity contribution in [2.45, 2.75) is 36.6 Å². The van der Waals surface area contributed by atoms with E-state index < -0.39 is 17.8 Å². The highest BCUT2D eigenvalue weighted by Gasteiger charge is 2.34. The monoisotopic (exact) mass is 344 g/mol. The summed E-state index contributed by atoms with van der Waals surface area (Å²) in [5.74, 6) is 1.16. The first-order chi connectivity index (χ1) is 11.0. The first kappa shape index (κ1) is 16.6. The summed E-state index contributed by atoms with van der Waals surface area (Å²) in [6, 6.07) is 3.99. The zero-order chi connectivity index (χ0) is 16.3. The van der Waals surface area contributed by atoms with Crippen molar-refractivity contribution in [2.75, 3.05) is 25.0 Å². The molecule has 1 aromatic rings. The molecule has 0 spiro atoms. The Morgan fingerprint density at radius 1 is 1.30 bits per heavy atom. The second-order valence-electron chi connectivity index (χ2n) is 5.83. The summed E-state index contributed by atoms with van der Waals surface area (Å²) in [6.07, 6.45) is -1.03. The number of amidine groups is 1. The molecular formula is C15H19F3N4S. The largest absolute Gasteiger partial charge is 0.390 e. The molecule has 4 nitrogen and oxygen atoms in total. The quantitative estimate of drug-likeness (QED) is 0.883. The van der Waals surface area contributed by atoms with Gasteiger partial charge < -0.3 is 10.6 Å². The molecule has 0 aliphatic carbocycles. The maximum atomic E-state index is 12.4. The number of hydrogen-bond donors (Lipinski definition) is 2. The van der Waals surface area contributed by atoms with E-state index in [0.717, 1.165) is 37.7 Å². The van der Waals surface area contributed by atoms with Gasteiger partial charge in [0.1, 0.15) is 5.82 Å². The maximum absolute atomic E-state index is 12.4. The number of pyridine rings is 1. The van der Waals surface area contributed by atoms with Gasteiger partial charge in [0.05, 0.1) is 13.0 Å². The maximum Gasteiger partial charge on any atom is 0.390 e. The van der Waals surface area contributed by atoms with Crippen LogP contribution in [0.1, 0.15) is 30.7 Å². The van der Waals surface area contributed by atoms with E-state index >= 15 is 0 Å². The minimum absolute atomic E-state index is 0.195. The Morgan fingerprint density at radius 2 is 2.09 bits per heavy atom. The Balaban J connectivity index is 1.58. The van der Waals surface area contributed by atoms with Crippen LogP contribution in [0, 0.1) is 0 Å². The standard InChI is InChI=1S/C15H19F3N4S/c16-15(17,18)8-12-9-21-14(23-12)22-13-7-11(3-6-20-13)10-1-4-19-5-2-10/h3,6-7,10,12,19H,1-2,4-5,8-9H2,(H,20,21,22). The fourth-order valence-corrected chi connectivity index (χ4v) is 3.93. The minimum Gasteiger partial charge on any atom is -0.320 e. The number of aliphatic imine (C=N–C) groups is 1. The summed E-state index contributed by atoms with van der Waals surface area (Å²) in [6.45, 7) is 2.22. The second-order valence-corrected chi connectivity index (χ2v) is 7.12. The van der Waals surface area contributed by atoms with Gasteiger partial charge in [-0.2, -0.15) is 13.2 Å². The molecule has 1 fully saturated rings. The van der Waals surface area contributed by atoms with Crippen molar-refractivity contribution in [3.8, 4) is 0 Å². The minimum atomic E-state index is -4.14. The number of nitrogens with one attached hydrogen (secondary N) is 2. The molecule has 3 rings (SSSR count). The average Bonchev–Trinajstić information content (AvgIpc) is 2.93. The zero-order valence-corrected chi connectivity index (χ0v) is 13.4. The van der Waals surface area contributed by atoms with E-state index in [0.29, 0.717) is 16.9 Å². The number of halogens is 3. The summed E-state index contributed by atoms with van der Waals surface area (Å²) in [5, 5.41) is 6.38. The fraction of sp³-hybridized carbons (Fsp3) is 0.600. The normalized spacial score (nSPS) is 22.9. The summed E-state index contributed by atoms with van der Waals surface area (Å²) >= 11 is 1.14. The van der Waals surface area contributed by atoms with Crippen LogP contribution in [-0.2, 0) is 0 Å². The lowest BCUT2D eigenvalue weighted by Crippen LogP contribution is -2.26. The van der Waals surface area contributed by atoms with Crippen LogP contribution in [0.5, 0.6) is 0 Å². The van der Waals surface area contributed by atoms with Crippen LogP contribution in [0.3, 0.4) is 0 Å². The number of alkyl halides is 3. The van der Waals surface area contributed by atoms with Gasteiger partial charge in [-0.15, -0.1) is 0 Å². The van der Waals surface area contributed by atoms with E-state index in [1.165, 1.54) is 5.56 Å². The fourth-order valence-electron chi connectivity index (χ4n) is 2.88. The first-order valence-electron chi connectivity index (χ1n) is 7.71. The lowest BCUT2D eigenvalue weighted by Gasteiger charge is -2.23. The summed E-state index contributed by atoms with van der Waals surface area (Å²) in [7, 11) is 0. The number of aromatic nitrogens is 1. The zero-order valence-electron chi connectivity index (χ0n) is 12.6. The van der Waals surface area contributed by atoms with E-state index in [1.54, 1.807) is 6.20 Å². The van der Waals surface area contributed by atoms with Crippen molar-refractivity contribution in [1.82, 2.24) is 10.3 Å². The topological polar surface area (TPSA) is 49.3 Å². The molecule has 23 heavy (non-hydrogen) atoms. The van der Waals surface area contributed by atoms with Gasteiger partial charge in [0.2, 0.25) is 0 Å². The number of nitrogens with zero attached hydrogens (tertiary/aromatic N) is 2. The number of piperidine rings is 1. The highest BCUT2D eigenvalue weighted by molar-refractivity contribution is 8.15. The predicted octanol–water partition coefficient (Wildman–Crippen LogP) is 3.38. The summed E-state index contributed by atoms with van der Waals surface area (Å²) < 4.78 is 37.3. The molecule has 0 radical (unpaired) electrons. The third-order valence-corrected chi connectivity index (χ3v) is 5.11. The summed E-state index contributed by atoms with van der Waals surface area (Å²) in [4.78, 5) is 8.41. The van der Waals surface area contributed by atoms with Gasteiger partial charge in [0.25, 0.3) is 0 Å². The number of rotatable bonds is 3. The molecule has 3 heterocycles. The van der Waals surface area contributed by atoms with Crippen LogP contribution in [0.2, 0.25) is 0 Å². The van der Waals surface area contributed by atoms with E-state index in [9.17, 15) is 13.2 Å². The molecule has 1 atom stereocenters. The van der Waals surface area contributed by atoms with Gasteiger partial charge in [0, 0.05) is 11.4 Å². The van der Waals surface area contributed by atoms with Gasteiger partial charge in [-0.1, -0.05) is 11.8 Å². The van der Waals surface area contributed by atoms with Gasteiger partial charge in [-0.3, -0.25) is 4.99 Å². The van der Waals surface area contributed by atoms with Crippen LogP contribution in [0.4, 0.5) is 19.0 Å². The van der Waals surface area contributed by atoms with Gasteiger partial charge >= 0.3 is 6.18 Å². The van der Waals surface area contributed by atoms with Crippen molar-refractivity contribution >= 4 is 22.7 Å². The van der Waals surface area contributed by atoms with Crippen LogP contribution < -0.4 is 10.6 Å². The highest BCUT2D eigenvalue weighted by Crippen LogP contribution is 2.32. The van der Waals surface area contributed by atoms with Crippen molar-refractivity contribution in [3.63, 3.8) is 0 Å². The first-order valence-corrected chi connectivity index (χ1v) is 8.59. The summed E-state index contributed by atoms with van der Waals surface area (Å²) in [5.41, 5.74) is 1.22. The van der Waals surface area contributed by atoms with Crippen molar-refractivity contribution in [1.29, 1.82) is 0 Å². The molecule has 8 heteroatoms. The third-order valence-electron chi connectivity index (χ3n) is 4.01. The van der Waals surface area contributed by atoms with Gasteiger partial charge in [-0.25, -0.2) is 4.98 Å². The smallest absolute Gasteiger partial charge is 0.320 e. The highest BCUT2D eigenvalue weighted by atomic mass is 32.2. The predicted molar refractivity (Wildman–Crippen MR) is 87.1 cm³/mol. The van der Waals surface area contributed by atoms with E-state index in [-0.39, 0.29) is 6.54 Å². The van der Waals surface area contributed by atoms with E-state index in [2.05, 4.69) is 20.6 Å². The van der Waals surface area contributed by atoms with Gasteiger partial charge in [0.15, 0.2) is 5.17 Å². The third kappa shape index (κ3) is 4.84. The molecular weight excluding hydrogens is 325 g/mol. The molecule has 2 aliphatic rings. The van der Waals surface area contributed by atoms with Crippen LogP contribution >= 0.6 is 11.8 Å². The Morgan fingerprint density at radius 3 is 2.83 bits per heavy atom. The van der Waals surface area contributed by atoms with Crippen molar-refractivity contribution in [3.05, 3.63) is 23.9 Å². The Kier molecular flexibility index (Phi) is 5.11. The van der Waals surface area contributed by atoms with E-state index in [1.807, 2.05) is 12.1 Å². The van der Waals surface area contributed by atoms with Crippen LogP contribution in [0.25, 0.3) is 0 Å². The van der Waals surface area contributed by atoms with Gasteiger partial charge in [-0.05, 0) is 49.5 Å².